The van der Waals surface area contributed by atoms with E-state index in [1.54, 1.807) is 19.1 Å². The van der Waals surface area contributed by atoms with Crippen molar-refractivity contribution in [3.63, 3.8) is 0 Å². The van der Waals surface area contributed by atoms with Gasteiger partial charge in [-0.3, -0.25) is 0 Å². The highest BCUT2D eigenvalue weighted by Gasteiger charge is 2.14. The van der Waals surface area contributed by atoms with Crippen LogP contribution >= 0.6 is 0 Å². The lowest BCUT2D eigenvalue weighted by molar-refractivity contribution is -0.585. The molecule has 4 nitrogen and oxygen atoms in total. The molecule has 78 valence electrons. The Hall–Kier alpha value is -1.84. The van der Waals surface area contributed by atoms with Crippen LogP contribution < -0.4 is 9.47 Å². The van der Waals surface area contributed by atoms with Crippen LogP contribution in [0.2, 0.25) is 0 Å². The monoisotopic (exact) mass is 204 g/mol. The molecule has 15 heavy (non-hydrogen) atoms. The first-order valence-electron chi connectivity index (χ1n) is 4.85. The van der Waals surface area contributed by atoms with Crippen molar-refractivity contribution in [2.75, 3.05) is 6.61 Å². The highest BCUT2D eigenvalue weighted by Crippen LogP contribution is 2.15. The Kier molecular flexibility index (Phi) is 2.41. The van der Waals surface area contributed by atoms with Crippen molar-refractivity contribution in [1.82, 2.24) is 4.98 Å². The van der Waals surface area contributed by atoms with Crippen molar-refractivity contribution in [1.29, 1.82) is 0 Å². The molecule has 1 aromatic carbocycles. The van der Waals surface area contributed by atoms with E-state index in [4.69, 9.17) is 4.74 Å². The number of aromatic nitrogens is 2. The van der Waals surface area contributed by atoms with E-state index < -0.39 is 0 Å². The summed E-state index contributed by atoms with van der Waals surface area (Å²) in [5.74, 6) is 0.409. The molecular formula is C11H12N2O2. The molecule has 0 bridgehead atoms. The van der Waals surface area contributed by atoms with E-state index in [1.165, 1.54) is 0 Å². The van der Waals surface area contributed by atoms with Gasteiger partial charge in [0.2, 0.25) is 5.52 Å². The first-order chi connectivity index (χ1) is 7.24. The molecule has 0 radical (unpaired) electrons. The number of fused-ring (bicyclic) bond motifs is 1. The van der Waals surface area contributed by atoms with E-state index in [9.17, 15) is 5.21 Å². The topological polar surface area (TPSA) is 49.1 Å². The van der Waals surface area contributed by atoms with Gasteiger partial charge in [-0.2, -0.15) is 4.73 Å². The van der Waals surface area contributed by atoms with Gasteiger partial charge in [0.15, 0.2) is 0 Å². The third-order valence-corrected chi connectivity index (χ3v) is 2.22. The number of rotatable bonds is 2. The molecule has 1 aromatic heterocycles. The molecule has 0 aliphatic carbocycles. The number of hydrogen-bond acceptors (Lipinski definition) is 3. The average Bonchev–Trinajstić information content (AvgIpc) is 2.26. The maximum Gasteiger partial charge on any atom is 0.284 e. The van der Waals surface area contributed by atoms with Crippen LogP contribution in [0.25, 0.3) is 11.0 Å². The zero-order chi connectivity index (χ0) is 10.8. The molecule has 0 saturated carbocycles. The lowest BCUT2D eigenvalue weighted by Gasteiger charge is -2.08. The van der Waals surface area contributed by atoms with Gasteiger partial charge in [-0.1, -0.05) is 12.1 Å². The predicted molar refractivity (Wildman–Crippen MR) is 56.6 cm³/mol. The van der Waals surface area contributed by atoms with Gasteiger partial charge < -0.3 is 9.94 Å². The largest absolute Gasteiger partial charge is 0.618 e. The zero-order valence-corrected chi connectivity index (χ0v) is 8.73. The van der Waals surface area contributed by atoms with Crippen LogP contribution in [0, 0.1) is 12.1 Å². The number of hydrogen-bond donors (Lipinski definition) is 0. The van der Waals surface area contributed by atoms with Gasteiger partial charge in [0.05, 0.1) is 6.61 Å². The van der Waals surface area contributed by atoms with Crippen molar-refractivity contribution in [3.8, 4) is 5.88 Å². The van der Waals surface area contributed by atoms with Crippen LogP contribution in [0.1, 0.15) is 12.6 Å². The standard InChI is InChI=1S/C11H12N2O2/c1-3-15-11-8(2)13(14)10-7-5-4-6-9(10)12-11/h4-7H,3H2,1-2H3. The van der Waals surface area contributed by atoms with Gasteiger partial charge >= 0.3 is 0 Å². The maximum atomic E-state index is 11.8. The van der Waals surface area contributed by atoms with Crippen LogP contribution in [0.4, 0.5) is 0 Å². The summed E-state index contributed by atoms with van der Waals surface area (Å²) >= 11 is 0. The van der Waals surface area contributed by atoms with Crippen molar-refractivity contribution < 1.29 is 9.47 Å². The minimum atomic E-state index is 0.409. The number of benzene rings is 1. The lowest BCUT2D eigenvalue weighted by Crippen LogP contribution is -2.32. The van der Waals surface area contributed by atoms with Gasteiger partial charge in [0.25, 0.3) is 11.6 Å². The molecule has 0 saturated heterocycles. The summed E-state index contributed by atoms with van der Waals surface area (Å²) in [6.07, 6.45) is 0. The third-order valence-electron chi connectivity index (χ3n) is 2.22. The third kappa shape index (κ3) is 1.58. The Morgan fingerprint density at radius 3 is 2.87 bits per heavy atom. The number of nitrogens with zero attached hydrogens (tertiary/aromatic N) is 2. The van der Waals surface area contributed by atoms with Crippen molar-refractivity contribution in [2.45, 2.75) is 13.8 Å². The fraction of sp³-hybridized carbons (Fsp3) is 0.273. The zero-order valence-electron chi connectivity index (χ0n) is 8.73. The first-order valence-corrected chi connectivity index (χ1v) is 4.85. The normalized spacial score (nSPS) is 10.5. The summed E-state index contributed by atoms with van der Waals surface area (Å²) in [5, 5.41) is 11.8. The molecule has 2 aromatic rings. The van der Waals surface area contributed by atoms with E-state index in [-0.39, 0.29) is 0 Å². The van der Waals surface area contributed by atoms with Crippen LogP contribution in [0.15, 0.2) is 24.3 Å². The summed E-state index contributed by atoms with van der Waals surface area (Å²) in [5.41, 5.74) is 1.72. The van der Waals surface area contributed by atoms with Crippen molar-refractivity contribution >= 4 is 11.0 Å². The molecule has 0 aliphatic heterocycles. The molecule has 0 unspecified atom stereocenters. The van der Waals surface area contributed by atoms with Crippen molar-refractivity contribution in [3.05, 3.63) is 35.2 Å². The van der Waals surface area contributed by atoms with Crippen LogP contribution in [0.3, 0.4) is 0 Å². The molecule has 4 heteroatoms. The molecule has 1 heterocycles. The SMILES string of the molecule is CCOc1nc2ccccc2[n+]([O-])c1C. The van der Waals surface area contributed by atoms with Gasteiger partial charge in [0.1, 0.15) is 5.52 Å². The second-order valence-corrected chi connectivity index (χ2v) is 3.22. The minimum Gasteiger partial charge on any atom is -0.618 e. The molecule has 0 atom stereocenters. The molecule has 0 spiro atoms. The van der Waals surface area contributed by atoms with Gasteiger partial charge in [-0.25, -0.2) is 4.98 Å². The summed E-state index contributed by atoms with van der Waals surface area (Å²) in [4.78, 5) is 4.28. The fourth-order valence-corrected chi connectivity index (χ4v) is 1.46. The smallest absolute Gasteiger partial charge is 0.284 e. The van der Waals surface area contributed by atoms with Crippen LogP contribution in [-0.4, -0.2) is 11.6 Å². The minimum absolute atomic E-state index is 0.409. The summed E-state index contributed by atoms with van der Waals surface area (Å²) in [6, 6.07) is 7.21. The molecule has 0 N–H and O–H groups in total. The second-order valence-electron chi connectivity index (χ2n) is 3.22. The molecule has 0 aliphatic rings. The van der Waals surface area contributed by atoms with E-state index >= 15 is 0 Å². The fourth-order valence-electron chi connectivity index (χ4n) is 1.46. The van der Waals surface area contributed by atoms with E-state index in [2.05, 4.69) is 4.98 Å². The number of ether oxygens (including phenoxy) is 1. The Labute approximate surface area is 87.7 Å². The second kappa shape index (κ2) is 3.73. The van der Waals surface area contributed by atoms with Crippen molar-refractivity contribution in [2.24, 2.45) is 0 Å². The summed E-state index contributed by atoms with van der Waals surface area (Å²) < 4.78 is 6.15. The molecular weight excluding hydrogens is 192 g/mol. The van der Waals surface area contributed by atoms with Crippen LogP contribution in [0.5, 0.6) is 5.88 Å². The number of para-hydroxylation sites is 2. The van der Waals surface area contributed by atoms with Gasteiger partial charge in [-0.05, 0) is 13.0 Å². The average molecular weight is 204 g/mol. The highest BCUT2D eigenvalue weighted by molar-refractivity contribution is 5.71. The Bertz CT molecular complexity index is 497. The highest BCUT2D eigenvalue weighted by atomic mass is 16.5. The molecule has 2 rings (SSSR count). The maximum absolute atomic E-state index is 11.8. The Morgan fingerprint density at radius 1 is 1.40 bits per heavy atom. The van der Waals surface area contributed by atoms with Crippen LogP contribution in [-0.2, 0) is 0 Å². The molecule has 0 fully saturated rings. The summed E-state index contributed by atoms with van der Waals surface area (Å²) in [7, 11) is 0. The molecule has 0 amide bonds. The summed E-state index contributed by atoms with van der Waals surface area (Å²) in [6.45, 7) is 4.08. The quantitative estimate of drug-likeness (QED) is 0.551. The van der Waals surface area contributed by atoms with Gasteiger partial charge in [-0.15, -0.1) is 0 Å². The lowest BCUT2D eigenvalue weighted by atomic mass is 10.3. The Balaban J connectivity index is 2.71. The Morgan fingerprint density at radius 2 is 2.13 bits per heavy atom. The van der Waals surface area contributed by atoms with E-state index in [0.29, 0.717) is 29.2 Å². The van der Waals surface area contributed by atoms with E-state index in [1.807, 2.05) is 19.1 Å². The predicted octanol–water partition coefficient (Wildman–Crippen LogP) is 1.58. The first kappa shape index (κ1) is 9.71. The van der Waals surface area contributed by atoms with E-state index in [0.717, 1.165) is 4.73 Å². The van der Waals surface area contributed by atoms with Gasteiger partial charge in [0, 0.05) is 13.0 Å².